The maximum atomic E-state index is 14.4. The minimum absolute atomic E-state index is 0.00896. The second-order valence-corrected chi connectivity index (χ2v) is 13.3. The molecule has 0 aromatic carbocycles. The van der Waals surface area contributed by atoms with Crippen molar-refractivity contribution in [1.29, 1.82) is 0 Å². The van der Waals surface area contributed by atoms with E-state index in [9.17, 15) is 19.2 Å². The Bertz CT molecular complexity index is 1090. The third kappa shape index (κ3) is 4.91. The summed E-state index contributed by atoms with van der Waals surface area (Å²) in [5.74, 6) is -2.65. The van der Waals surface area contributed by atoms with Crippen molar-refractivity contribution in [3.8, 4) is 0 Å². The average Bonchev–Trinajstić information content (AvgIpc) is 3.63. The highest BCUT2D eigenvalue weighted by atomic mass is 16.7. The molecule has 40 heavy (non-hydrogen) atoms. The highest BCUT2D eigenvalue weighted by Crippen LogP contribution is 2.68. The molecule has 9 heteroatoms. The maximum Gasteiger partial charge on any atom is 0.303 e. The number of rotatable bonds is 7. The maximum absolute atomic E-state index is 14.4. The number of ketones is 1. The number of esters is 3. The van der Waals surface area contributed by atoms with Gasteiger partial charge in [-0.2, -0.15) is 0 Å². The minimum atomic E-state index is -1.15. The third-order valence-corrected chi connectivity index (χ3v) is 9.83. The van der Waals surface area contributed by atoms with Crippen LogP contribution in [-0.4, -0.2) is 65.9 Å². The average molecular weight is 563 g/mol. The van der Waals surface area contributed by atoms with Crippen molar-refractivity contribution in [2.75, 3.05) is 6.61 Å². The van der Waals surface area contributed by atoms with Crippen molar-refractivity contribution in [3.63, 3.8) is 0 Å². The molecule has 1 aliphatic heterocycles. The lowest BCUT2D eigenvalue weighted by Crippen LogP contribution is -2.43. The lowest BCUT2D eigenvalue weighted by molar-refractivity contribution is -0.166. The second kappa shape index (κ2) is 10.5. The topological polar surface area (TPSA) is 118 Å². The predicted molar refractivity (Wildman–Crippen MR) is 145 cm³/mol. The molecule has 4 rings (SSSR count). The van der Waals surface area contributed by atoms with Crippen LogP contribution in [0.5, 0.6) is 0 Å². The summed E-state index contributed by atoms with van der Waals surface area (Å²) in [5.41, 5.74) is -2.07. The lowest BCUT2D eigenvalue weighted by Gasteiger charge is -2.30. The summed E-state index contributed by atoms with van der Waals surface area (Å²) in [7, 11) is 0. The van der Waals surface area contributed by atoms with Crippen LogP contribution in [-0.2, 0) is 42.9 Å². The van der Waals surface area contributed by atoms with Crippen molar-refractivity contribution in [3.05, 3.63) is 11.6 Å². The van der Waals surface area contributed by atoms with E-state index in [2.05, 4.69) is 20.8 Å². The molecule has 4 aliphatic rings. The van der Waals surface area contributed by atoms with Gasteiger partial charge in [-0.25, -0.2) is 0 Å². The summed E-state index contributed by atoms with van der Waals surface area (Å²) in [4.78, 5) is 51.5. The Morgan fingerprint density at radius 3 is 2.10 bits per heavy atom. The normalized spacial score (nSPS) is 43.5. The molecule has 0 aromatic rings. The number of hydrogen-bond donors (Lipinski definition) is 0. The summed E-state index contributed by atoms with van der Waals surface area (Å²) in [6, 6.07) is 0. The molecule has 0 bridgehead atoms. The molecule has 0 spiro atoms. The van der Waals surface area contributed by atoms with E-state index >= 15 is 0 Å². The van der Waals surface area contributed by atoms with Gasteiger partial charge in [-0.3, -0.25) is 19.2 Å². The monoisotopic (exact) mass is 562 g/mol. The van der Waals surface area contributed by atoms with E-state index in [1.165, 1.54) is 20.8 Å². The molecule has 1 saturated heterocycles. The van der Waals surface area contributed by atoms with Crippen LogP contribution in [0, 0.1) is 35.0 Å². The molecular formula is C31H46O9. The zero-order chi connectivity index (χ0) is 29.9. The number of carbonyl (C=O) groups is 4. The van der Waals surface area contributed by atoms with E-state index in [0.717, 1.165) is 6.42 Å². The molecule has 11 atom stereocenters. The molecule has 0 radical (unpaired) electrons. The number of Topliss-reactive ketones (excluding diaryl/α,β-unsaturated/α-hetero) is 1. The highest BCUT2D eigenvalue weighted by molar-refractivity contribution is 5.96. The highest BCUT2D eigenvalue weighted by Gasteiger charge is 2.83. The lowest BCUT2D eigenvalue weighted by atomic mass is 9.80. The Balaban J connectivity index is 1.89. The first-order valence-corrected chi connectivity index (χ1v) is 14.6. The van der Waals surface area contributed by atoms with E-state index in [1.807, 2.05) is 26.8 Å². The van der Waals surface area contributed by atoms with Gasteiger partial charge < -0.3 is 23.7 Å². The molecule has 9 nitrogen and oxygen atoms in total. The Labute approximate surface area is 237 Å². The summed E-state index contributed by atoms with van der Waals surface area (Å²) >= 11 is 0. The van der Waals surface area contributed by atoms with Gasteiger partial charge >= 0.3 is 17.9 Å². The smallest absolute Gasteiger partial charge is 0.303 e. The van der Waals surface area contributed by atoms with E-state index < -0.39 is 64.9 Å². The fourth-order valence-corrected chi connectivity index (χ4v) is 7.68. The van der Waals surface area contributed by atoms with Gasteiger partial charge in [-0.05, 0) is 42.2 Å². The standard InChI is InChI=1S/C31H46O9/c1-11-15(2)14-36-28-17(4)13-30-27(35)18(5)25(38-20(7)33)22-23(29(22,9)10)26(39-21(8)34)24(37-19(6)32)16(3)12-31(28,30)40-30/h12,15,17-18,22-26,28H,11,13-14H2,1-10H3/b16-12+/t15?,17-,18-,22-,23+,24+,25?,26+,28-,30-,31-/m0/s1. The van der Waals surface area contributed by atoms with Crippen LogP contribution in [0.3, 0.4) is 0 Å². The fourth-order valence-electron chi connectivity index (χ4n) is 7.68. The second-order valence-electron chi connectivity index (χ2n) is 13.3. The van der Waals surface area contributed by atoms with Gasteiger partial charge in [0.25, 0.3) is 0 Å². The Morgan fingerprint density at radius 1 is 1.00 bits per heavy atom. The SMILES string of the molecule is CCC(C)CO[C@H]1[C@@H](C)C[C@@]23O[C@@]12/C=C(\C)[C@@H](OC(C)=O)[C@H](OC(C)=O)[C@H]1[C@@H](C(OC(C)=O)[C@H](C)C3=O)C1(C)C. The molecule has 224 valence electrons. The Kier molecular flexibility index (Phi) is 8.08. The van der Waals surface area contributed by atoms with Gasteiger partial charge in [-0.1, -0.05) is 48.0 Å². The number of hydrogen-bond acceptors (Lipinski definition) is 9. The first-order chi connectivity index (χ1) is 18.5. The molecule has 3 fully saturated rings. The van der Waals surface area contributed by atoms with Gasteiger partial charge in [-0.15, -0.1) is 0 Å². The number of ether oxygens (including phenoxy) is 5. The molecule has 0 amide bonds. The van der Waals surface area contributed by atoms with E-state index in [-0.39, 0.29) is 23.5 Å². The number of epoxide rings is 1. The van der Waals surface area contributed by atoms with Crippen LogP contribution in [0.1, 0.15) is 82.1 Å². The molecule has 2 unspecified atom stereocenters. The van der Waals surface area contributed by atoms with Gasteiger partial charge in [0.15, 0.2) is 23.1 Å². The largest absolute Gasteiger partial charge is 0.461 e. The quantitative estimate of drug-likeness (QED) is 0.195. The van der Waals surface area contributed by atoms with E-state index in [1.54, 1.807) is 6.92 Å². The molecule has 2 saturated carbocycles. The van der Waals surface area contributed by atoms with Crippen molar-refractivity contribution in [2.45, 2.75) is 118 Å². The van der Waals surface area contributed by atoms with Crippen molar-refractivity contribution < 1.29 is 42.9 Å². The van der Waals surface area contributed by atoms with E-state index in [0.29, 0.717) is 24.5 Å². The van der Waals surface area contributed by atoms with Gasteiger partial charge in [0.1, 0.15) is 12.2 Å². The van der Waals surface area contributed by atoms with Crippen LogP contribution in [0.2, 0.25) is 0 Å². The summed E-state index contributed by atoms with van der Waals surface area (Å²) in [5, 5.41) is 0. The molecule has 3 aliphatic carbocycles. The van der Waals surface area contributed by atoms with Gasteiger partial charge in [0.2, 0.25) is 0 Å². The van der Waals surface area contributed by atoms with Crippen molar-refractivity contribution in [2.24, 2.45) is 35.0 Å². The van der Waals surface area contributed by atoms with Gasteiger partial charge in [0, 0.05) is 39.2 Å². The molecule has 1 heterocycles. The van der Waals surface area contributed by atoms with Crippen LogP contribution in [0.15, 0.2) is 11.6 Å². The molecular weight excluding hydrogens is 516 g/mol. The minimum Gasteiger partial charge on any atom is -0.461 e. The number of fused-ring (bicyclic) bond motifs is 1. The van der Waals surface area contributed by atoms with Crippen molar-refractivity contribution >= 4 is 23.7 Å². The van der Waals surface area contributed by atoms with Gasteiger partial charge in [0.05, 0.1) is 12.0 Å². The van der Waals surface area contributed by atoms with Crippen LogP contribution in [0.25, 0.3) is 0 Å². The van der Waals surface area contributed by atoms with Crippen LogP contribution in [0.4, 0.5) is 0 Å². The molecule has 0 N–H and O–H groups in total. The first kappa shape index (κ1) is 30.7. The molecule has 0 aromatic heterocycles. The fraction of sp³-hybridized carbons (Fsp3) is 0.806. The van der Waals surface area contributed by atoms with Crippen LogP contribution >= 0.6 is 0 Å². The zero-order valence-corrected chi connectivity index (χ0v) is 25.6. The third-order valence-electron chi connectivity index (χ3n) is 9.83. The Hall–Kier alpha value is -2.26. The Morgan fingerprint density at radius 2 is 1.55 bits per heavy atom. The van der Waals surface area contributed by atoms with Crippen LogP contribution < -0.4 is 0 Å². The summed E-state index contributed by atoms with van der Waals surface area (Å²) < 4.78 is 30.6. The number of carbonyl (C=O) groups excluding carboxylic acids is 4. The zero-order valence-electron chi connectivity index (χ0n) is 25.6. The first-order valence-electron chi connectivity index (χ1n) is 14.6. The van der Waals surface area contributed by atoms with E-state index in [4.69, 9.17) is 23.7 Å². The summed E-state index contributed by atoms with van der Waals surface area (Å²) in [6.07, 6.45) is 0.345. The summed E-state index contributed by atoms with van der Waals surface area (Å²) in [6.45, 7) is 18.4. The predicted octanol–water partition coefficient (Wildman–Crippen LogP) is 4.20. The van der Waals surface area contributed by atoms with Crippen molar-refractivity contribution in [1.82, 2.24) is 0 Å².